The van der Waals surface area contributed by atoms with E-state index in [0.717, 1.165) is 41.0 Å². The lowest BCUT2D eigenvalue weighted by Gasteiger charge is -2.30. The molecular weight excluding hydrogens is 391 g/mol. The first-order valence-electron chi connectivity index (χ1n) is 10.1. The van der Waals surface area contributed by atoms with E-state index in [1.807, 2.05) is 11.8 Å². The molecule has 1 saturated carbocycles. The molecule has 148 valence electrons. The van der Waals surface area contributed by atoms with Gasteiger partial charge in [-0.25, -0.2) is 4.39 Å². The van der Waals surface area contributed by atoms with E-state index in [1.54, 1.807) is 17.4 Å². The summed E-state index contributed by atoms with van der Waals surface area (Å²) in [6.45, 7) is 8.93. The highest BCUT2D eigenvalue weighted by atomic mass is 32.2. The SMILES string of the molecule is CCCC(C)(c1ccc(-c2cc(S[C@H](C)CC)c(CS)s2)cc1F)C1CC1. The van der Waals surface area contributed by atoms with Gasteiger partial charge in [0.05, 0.1) is 0 Å². The van der Waals surface area contributed by atoms with Gasteiger partial charge < -0.3 is 0 Å². The van der Waals surface area contributed by atoms with Crippen molar-refractivity contribution in [2.24, 2.45) is 5.92 Å². The van der Waals surface area contributed by atoms with Crippen LogP contribution in [0.2, 0.25) is 0 Å². The third-order valence-corrected chi connectivity index (χ3v) is 9.13. The molecule has 0 nitrogen and oxygen atoms in total. The van der Waals surface area contributed by atoms with Gasteiger partial charge in [-0.15, -0.1) is 23.1 Å². The van der Waals surface area contributed by atoms with Gasteiger partial charge in [0.25, 0.3) is 0 Å². The molecule has 4 heteroatoms. The number of halogens is 1. The van der Waals surface area contributed by atoms with Crippen molar-refractivity contribution >= 4 is 35.7 Å². The minimum atomic E-state index is -0.0349. The molecule has 1 unspecified atom stereocenters. The molecule has 0 aliphatic heterocycles. The Hall–Kier alpha value is -0.450. The van der Waals surface area contributed by atoms with E-state index in [4.69, 9.17) is 0 Å². The summed E-state index contributed by atoms with van der Waals surface area (Å²) in [7, 11) is 0. The van der Waals surface area contributed by atoms with Gasteiger partial charge in [0.2, 0.25) is 0 Å². The zero-order chi connectivity index (χ0) is 19.6. The molecule has 0 bridgehead atoms. The highest BCUT2D eigenvalue weighted by Gasteiger charge is 2.43. The number of thiophene rings is 1. The van der Waals surface area contributed by atoms with Crippen LogP contribution in [0.25, 0.3) is 10.4 Å². The number of thioether (sulfide) groups is 1. The standard InChI is InChI=1S/C23H31FS3/c1-5-11-23(4,17-8-9-17)18-10-7-16(12-19(18)24)20-13-21(22(14-25)27-20)26-15(3)6-2/h7,10,12-13,15,17,25H,5-6,8-9,11,14H2,1-4H3/t15-,23?/m1/s1. The highest BCUT2D eigenvalue weighted by Crippen LogP contribution is 2.51. The van der Waals surface area contributed by atoms with E-state index in [-0.39, 0.29) is 11.2 Å². The number of hydrogen-bond acceptors (Lipinski definition) is 3. The number of benzene rings is 1. The molecule has 1 aliphatic carbocycles. The highest BCUT2D eigenvalue weighted by molar-refractivity contribution is 8.00. The van der Waals surface area contributed by atoms with Crippen LogP contribution in [0.15, 0.2) is 29.2 Å². The maximum absolute atomic E-state index is 15.2. The van der Waals surface area contributed by atoms with Crippen molar-refractivity contribution in [1.29, 1.82) is 0 Å². The van der Waals surface area contributed by atoms with Gasteiger partial charge in [0.15, 0.2) is 0 Å². The molecule has 0 radical (unpaired) electrons. The molecule has 2 atom stereocenters. The molecule has 1 heterocycles. The average Bonchev–Trinajstić information content (AvgIpc) is 3.43. The van der Waals surface area contributed by atoms with Crippen LogP contribution >= 0.6 is 35.7 Å². The van der Waals surface area contributed by atoms with Crippen LogP contribution in [-0.2, 0) is 11.2 Å². The predicted molar refractivity (Wildman–Crippen MR) is 123 cm³/mol. The van der Waals surface area contributed by atoms with Crippen LogP contribution in [0.4, 0.5) is 4.39 Å². The van der Waals surface area contributed by atoms with Crippen molar-refractivity contribution in [3.8, 4) is 10.4 Å². The largest absolute Gasteiger partial charge is 0.207 e. The molecule has 1 aliphatic rings. The van der Waals surface area contributed by atoms with Gasteiger partial charge in [-0.1, -0.05) is 46.2 Å². The second-order valence-electron chi connectivity index (χ2n) is 8.03. The third-order valence-electron chi connectivity index (χ3n) is 5.93. The van der Waals surface area contributed by atoms with Crippen LogP contribution in [0.3, 0.4) is 0 Å². The minimum Gasteiger partial charge on any atom is -0.207 e. The molecule has 2 aromatic rings. The van der Waals surface area contributed by atoms with Gasteiger partial charge in [-0.3, -0.25) is 0 Å². The Labute approximate surface area is 177 Å². The molecule has 3 rings (SSSR count). The van der Waals surface area contributed by atoms with Gasteiger partial charge in [-0.2, -0.15) is 12.6 Å². The first-order chi connectivity index (χ1) is 12.9. The second kappa shape index (κ2) is 8.92. The monoisotopic (exact) mass is 422 g/mol. The van der Waals surface area contributed by atoms with Crippen molar-refractivity contribution in [1.82, 2.24) is 0 Å². The maximum Gasteiger partial charge on any atom is 0.127 e. The topological polar surface area (TPSA) is 0 Å². The van der Waals surface area contributed by atoms with Gasteiger partial charge in [0.1, 0.15) is 5.82 Å². The Bertz CT molecular complexity index is 778. The molecule has 0 saturated heterocycles. The second-order valence-corrected chi connectivity index (χ2v) is 11.0. The van der Waals surface area contributed by atoms with Crippen LogP contribution in [0.5, 0.6) is 0 Å². The fraction of sp³-hybridized carbons (Fsp3) is 0.565. The summed E-state index contributed by atoms with van der Waals surface area (Å²) in [5.41, 5.74) is 1.89. The van der Waals surface area contributed by atoms with Gasteiger partial charge in [0, 0.05) is 25.7 Å². The predicted octanol–water partition coefficient (Wildman–Crippen LogP) is 8.34. The summed E-state index contributed by atoms with van der Waals surface area (Å²) >= 11 is 8.17. The number of rotatable bonds is 9. The Morgan fingerprint density at radius 2 is 2.04 bits per heavy atom. The Kier molecular flexibility index (Phi) is 7.02. The Morgan fingerprint density at radius 3 is 2.59 bits per heavy atom. The first-order valence-corrected chi connectivity index (χ1v) is 12.5. The minimum absolute atomic E-state index is 0.0133. The third kappa shape index (κ3) is 4.59. The van der Waals surface area contributed by atoms with Crippen molar-refractivity contribution < 1.29 is 4.39 Å². The normalized spacial score (nSPS) is 17.7. The summed E-state index contributed by atoms with van der Waals surface area (Å²) < 4.78 is 15.2. The molecule has 0 N–H and O–H groups in total. The molecule has 1 fully saturated rings. The van der Waals surface area contributed by atoms with Gasteiger partial charge in [-0.05, 0) is 60.3 Å². The van der Waals surface area contributed by atoms with Crippen LogP contribution < -0.4 is 0 Å². The summed E-state index contributed by atoms with van der Waals surface area (Å²) in [6.07, 6.45) is 5.78. The van der Waals surface area contributed by atoms with E-state index in [9.17, 15) is 0 Å². The van der Waals surface area contributed by atoms with Crippen molar-refractivity contribution in [2.45, 2.75) is 81.1 Å². The lowest BCUT2D eigenvalue weighted by Crippen LogP contribution is -2.26. The smallest absolute Gasteiger partial charge is 0.127 e. The number of thiol groups is 1. The molecule has 1 aromatic carbocycles. The van der Waals surface area contributed by atoms with E-state index < -0.39 is 0 Å². The molecule has 0 amide bonds. The van der Waals surface area contributed by atoms with E-state index in [1.165, 1.54) is 22.6 Å². The summed E-state index contributed by atoms with van der Waals surface area (Å²) in [5.74, 6) is 1.35. The molecular formula is C23H31FS3. The molecule has 27 heavy (non-hydrogen) atoms. The van der Waals surface area contributed by atoms with E-state index in [0.29, 0.717) is 11.2 Å². The maximum atomic E-state index is 15.2. The summed E-state index contributed by atoms with van der Waals surface area (Å²) in [5, 5.41) is 0.582. The fourth-order valence-corrected chi connectivity index (χ4v) is 6.71. The number of hydrogen-bond donors (Lipinski definition) is 1. The van der Waals surface area contributed by atoms with Crippen molar-refractivity contribution in [3.63, 3.8) is 0 Å². The quantitative estimate of drug-likeness (QED) is 0.313. The van der Waals surface area contributed by atoms with Crippen LogP contribution in [0, 0.1) is 11.7 Å². The van der Waals surface area contributed by atoms with Crippen molar-refractivity contribution in [3.05, 3.63) is 40.5 Å². The Balaban J connectivity index is 1.91. The Morgan fingerprint density at radius 1 is 1.30 bits per heavy atom. The lowest BCUT2D eigenvalue weighted by atomic mass is 9.74. The van der Waals surface area contributed by atoms with Crippen LogP contribution in [0.1, 0.15) is 70.2 Å². The molecule has 1 aromatic heterocycles. The first kappa shape index (κ1) is 21.3. The fourth-order valence-electron chi connectivity index (χ4n) is 3.99. The average molecular weight is 423 g/mol. The molecule has 0 spiro atoms. The summed E-state index contributed by atoms with van der Waals surface area (Å²) in [6, 6.07) is 8.17. The lowest BCUT2D eigenvalue weighted by molar-refractivity contribution is 0.357. The zero-order valence-corrected chi connectivity index (χ0v) is 19.4. The summed E-state index contributed by atoms with van der Waals surface area (Å²) in [4.78, 5) is 3.74. The van der Waals surface area contributed by atoms with E-state index >= 15 is 4.39 Å². The van der Waals surface area contributed by atoms with Gasteiger partial charge >= 0.3 is 0 Å². The zero-order valence-electron chi connectivity index (χ0n) is 16.8. The van der Waals surface area contributed by atoms with E-state index in [2.05, 4.69) is 58.5 Å². The van der Waals surface area contributed by atoms with Crippen molar-refractivity contribution in [2.75, 3.05) is 0 Å². The van der Waals surface area contributed by atoms with Crippen LogP contribution in [-0.4, -0.2) is 5.25 Å².